The van der Waals surface area contributed by atoms with Crippen LogP contribution in [0.5, 0.6) is 5.75 Å². The lowest BCUT2D eigenvalue weighted by Crippen LogP contribution is -2.14. The van der Waals surface area contributed by atoms with Crippen LogP contribution >= 0.6 is 23.8 Å². The molecule has 21 heavy (non-hydrogen) atoms. The van der Waals surface area contributed by atoms with Gasteiger partial charge in [0, 0.05) is 10.6 Å². The number of hydrogen-bond acceptors (Lipinski definition) is 3. The van der Waals surface area contributed by atoms with Crippen molar-refractivity contribution in [2.24, 2.45) is 5.73 Å². The van der Waals surface area contributed by atoms with Gasteiger partial charge in [0.25, 0.3) is 5.91 Å². The molecule has 2 rings (SSSR count). The Kier molecular flexibility index (Phi) is 4.40. The van der Waals surface area contributed by atoms with Gasteiger partial charge in [0.2, 0.25) is 0 Å². The zero-order valence-corrected chi connectivity index (χ0v) is 12.1. The Hall–Kier alpha value is -2.18. The highest BCUT2D eigenvalue weighted by molar-refractivity contribution is 7.80. The number of rotatable bonds is 3. The van der Waals surface area contributed by atoms with E-state index in [2.05, 4.69) is 5.32 Å². The van der Waals surface area contributed by atoms with E-state index in [0.29, 0.717) is 5.56 Å². The van der Waals surface area contributed by atoms with Crippen LogP contribution in [0.1, 0.15) is 15.9 Å². The maximum absolute atomic E-state index is 13.8. The number of anilines is 1. The van der Waals surface area contributed by atoms with E-state index in [0.717, 1.165) is 6.07 Å². The van der Waals surface area contributed by atoms with Crippen LogP contribution in [-0.4, -0.2) is 16.0 Å². The Morgan fingerprint density at radius 3 is 2.62 bits per heavy atom. The number of nitrogens with two attached hydrogens (primary N) is 1. The smallest absolute Gasteiger partial charge is 0.259 e. The fourth-order valence-electron chi connectivity index (χ4n) is 1.65. The van der Waals surface area contributed by atoms with Gasteiger partial charge >= 0.3 is 0 Å². The maximum atomic E-state index is 13.8. The zero-order chi connectivity index (χ0) is 15.6. The van der Waals surface area contributed by atoms with Crippen molar-refractivity contribution >= 4 is 40.4 Å². The van der Waals surface area contributed by atoms with Crippen LogP contribution < -0.4 is 11.1 Å². The first-order valence-electron chi connectivity index (χ1n) is 5.77. The minimum Gasteiger partial charge on any atom is -0.507 e. The highest BCUT2D eigenvalue weighted by atomic mass is 35.5. The number of thiocarbonyl (C=S) groups is 1. The van der Waals surface area contributed by atoms with E-state index in [-0.39, 0.29) is 27.0 Å². The van der Waals surface area contributed by atoms with E-state index in [9.17, 15) is 14.3 Å². The van der Waals surface area contributed by atoms with Crippen LogP contribution in [0.4, 0.5) is 10.1 Å². The van der Waals surface area contributed by atoms with E-state index in [1.165, 1.54) is 30.3 Å². The second kappa shape index (κ2) is 6.07. The van der Waals surface area contributed by atoms with Crippen LogP contribution in [-0.2, 0) is 0 Å². The molecule has 0 bridgehead atoms. The monoisotopic (exact) mass is 324 g/mol. The van der Waals surface area contributed by atoms with Gasteiger partial charge in [-0.05, 0) is 36.4 Å². The molecule has 0 aliphatic carbocycles. The van der Waals surface area contributed by atoms with E-state index in [4.69, 9.17) is 29.6 Å². The highest BCUT2D eigenvalue weighted by Gasteiger charge is 2.14. The summed E-state index contributed by atoms with van der Waals surface area (Å²) in [5.74, 6) is -1.62. The van der Waals surface area contributed by atoms with E-state index in [1.54, 1.807) is 0 Å². The first kappa shape index (κ1) is 15.2. The Morgan fingerprint density at radius 2 is 2.00 bits per heavy atom. The Labute approximate surface area is 130 Å². The van der Waals surface area contributed by atoms with Crippen LogP contribution in [0.2, 0.25) is 5.02 Å². The van der Waals surface area contributed by atoms with E-state index >= 15 is 0 Å². The lowest BCUT2D eigenvalue weighted by atomic mass is 10.1. The summed E-state index contributed by atoms with van der Waals surface area (Å²) in [6, 6.07) is 7.94. The number of phenols is 1. The van der Waals surface area contributed by atoms with Crippen molar-refractivity contribution in [3.63, 3.8) is 0 Å². The third-order valence-corrected chi connectivity index (χ3v) is 3.18. The Bertz CT molecular complexity index is 737. The summed E-state index contributed by atoms with van der Waals surface area (Å²) in [5, 5.41) is 12.2. The minimum absolute atomic E-state index is 0.0549. The van der Waals surface area contributed by atoms with Gasteiger partial charge in [0.05, 0.1) is 11.3 Å². The predicted octanol–water partition coefficient (Wildman–Crippen LogP) is 3.07. The van der Waals surface area contributed by atoms with Crippen molar-refractivity contribution in [2.45, 2.75) is 0 Å². The second-order valence-corrected chi connectivity index (χ2v) is 5.05. The highest BCUT2D eigenvalue weighted by Crippen LogP contribution is 2.23. The van der Waals surface area contributed by atoms with Gasteiger partial charge < -0.3 is 16.2 Å². The molecule has 0 unspecified atom stereocenters. The minimum atomic E-state index is -0.685. The third kappa shape index (κ3) is 3.48. The fourth-order valence-corrected chi connectivity index (χ4v) is 1.95. The molecule has 0 radical (unpaired) electrons. The standard InChI is InChI=1S/C14H10ClFN2O2S/c15-8-2-4-12(19)9(6-8)14(20)18-11-3-1-7(13(17)21)5-10(11)16/h1-6,19H,(H2,17,21)(H,18,20). The van der Waals surface area contributed by atoms with Crippen molar-refractivity contribution in [1.29, 1.82) is 0 Å². The summed E-state index contributed by atoms with van der Waals surface area (Å²) in [6.45, 7) is 0. The predicted molar refractivity (Wildman–Crippen MR) is 83.4 cm³/mol. The molecular weight excluding hydrogens is 315 g/mol. The van der Waals surface area contributed by atoms with Crippen LogP contribution in [0.3, 0.4) is 0 Å². The molecule has 0 aliphatic rings. The van der Waals surface area contributed by atoms with E-state index in [1.807, 2.05) is 0 Å². The van der Waals surface area contributed by atoms with Gasteiger partial charge in [-0.2, -0.15) is 0 Å². The number of hydrogen-bond donors (Lipinski definition) is 3. The number of aromatic hydroxyl groups is 1. The molecule has 2 aromatic rings. The molecule has 1 amide bonds. The van der Waals surface area contributed by atoms with Gasteiger partial charge in [0.1, 0.15) is 16.6 Å². The van der Waals surface area contributed by atoms with Gasteiger partial charge in [-0.15, -0.1) is 0 Å². The van der Waals surface area contributed by atoms with Crippen molar-refractivity contribution < 1.29 is 14.3 Å². The molecular formula is C14H10ClFN2O2S. The third-order valence-electron chi connectivity index (χ3n) is 2.71. The molecule has 2 aromatic carbocycles. The molecule has 4 nitrogen and oxygen atoms in total. The first-order chi connectivity index (χ1) is 9.88. The SMILES string of the molecule is NC(=S)c1ccc(NC(=O)c2cc(Cl)ccc2O)c(F)c1. The lowest BCUT2D eigenvalue weighted by Gasteiger charge is -2.09. The first-order valence-corrected chi connectivity index (χ1v) is 6.56. The van der Waals surface area contributed by atoms with Gasteiger partial charge in [-0.3, -0.25) is 4.79 Å². The Balaban J connectivity index is 2.27. The normalized spacial score (nSPS) is 10.2. The molecule has 0 fully saturated rings. The molecule has 0 spiro atoms. The summed E-state index contributed by atoms with van der Waals surface area (Å²) in [7, 11) is 0. The van der Waals surface area contributed by atoms with Crippen LogP contribution in [0.15, 0.2) is 36.4 Å². The summed E-state index contributed by atoms with van der Waals surface area (Å²) < 4.78 is 13.8. The van der Waals surface area contributed by atoms with Crippen LogP contribution in [0, 0.1) is 5.82 Å². The molecule has 7 heteroatoms. The zero-order valence-electron chi connectivity index (χ0n) is 10.6. The number of amides is 1. The second-order valence-electron chi connectivity index (χ2n) is 4.17. The summed E-state index contributed by atoms with van der Waals surface area (Å²) in [6.07, 6.45) is 0. The molecule has 0 aliphatic heterocycles. The van der Waals surface area contributed by atoms with Crippen molar-refractivity contribution in [1.82, 2.24) is 0 Å². The van der Waals surface area contributed by atoms with Crippen molar-refractivity contribution in [3.8, 4) is 5.75 Å². The number of carbonyl (C=O) groups is 1. The van der Waals surface area contributed by atoms with Crippen molar-refractivity contribution in [2.75, 3.05) is 5.32 Å². The lowest BCUT2D eigenvalue weighted by molar-refractivity contribution is 0.102. The summed E-state index contributed by atoms with van der Waals surface area (Å²) >= 11 is 10.5. The molecule has 0 aromatic heterocycles. The number of halogens is 2. The molecule has 4 N–H and O–H groups in total. The Morgan fingerprint density at radius 1 is 1.29 bits per heavy atom. The van der Waals surface area contributed by atoms with Gasteiger partial charge in [0.15, 0.2) is 0 Å². The molecule has 0 heterocycles. The average molecular weight is 325 g/mol. The van der Waals surface area contributed by atoms with Gasteiger partial charge in [-0.1, -0.05) is 23.8 Å². The molecule has 108 valence electrons. The van der Waals surface area contributed by atoms with Gasteiger partial charge in [-0.25, -0.2) is 4.39 Å². The quantitative estimate of drug-likeness (QED) is 0.758. The maximum Gasteiger partial charge on any atom is 0.259 e. The number of benzene rings is 2. The molecule has 0 saturated carbocycles. The average Bonchev–Trinajstić information content (AvgIpc) is 2.43. The van der Waals surface area contributed by atoms with Crippen LogP contribution in [0.25, 0.3) is 0 Å². The van der Waals surface area contributed by atoms with Crippen molar-refractivity contribution in [3.05, 3.63) is 58.4 Å². The number of nitrogens with one attached hydrogen (secondary N) is 1. The molecule has 0 atom stereocenters. The number of carbonyl (C=O) groups excluding carboxylic acids is 1. The molecule has 0 saturated heterocycles. The largest absolute Gasteiger partial charge is 0.507 e. The fraction of sp³-hybridized carbons (Fsp3) is 0. The topological polar surface area (TPSA) is 75.3 Å². The van der Waals surface area contributed by atoms with E-state index < -0.39 is 11.7 Å². The summed E-state index contributed by atoms with van der Waals surface area (Å²) in [5.41, 5.74) is 5.63. The summed E-state index contributed by atoms with van der Waals surface area (Å²) in [4.78, 5) is 12.1. The number of phenolic OH excluding ortho intramolecular Hbond substituents is 1.